The third-order valence-electron chi connectivity index (χ3n) is 5.09. The molecule has 0 aliphatic heterocycles. The van der Waals surface area contributed by atoms with E-state index in [0.717, 1.165) is 23.5 Å². The number of fused-ring (bicyclic) bond motifs is 1. The normalized spacial score (nSPS) is 24.9. The Morgan fingerprint density at radius 1 is 1.30 bits per heavy atom. The van der Waals surface area contributed by atoms with Crippen molar-refractivity contribution in [2.45, 2.75) is 44.3 Å². The largest absolute Gasteiger partial charge is 0.396 e. The van der Waals surface area contributed by atoms with Crippen LogP contribution in [0.3, 0.4) is 0 Å². The third-order valence-corrected chi connectivity index (χ3v) is 6.03. The van der Waals surface area contributed by atoms with Crippen molar-refractivity contribution in [3.63, 3.8) is 0 Å². The number of hydrogen-bond donors (Lipinski definition) is 1. The standard InChI is InChI=1S/C18H24N2O2S/c1-12-6-5-9-16(13(12)2)20-17(22)14-7-3-4-8-15(14)19-18(20)23-11-10-21/h3-4,7-8,12-13,16,21H,5-6,9-11H2,1-2H3/t12-,13+,16-/m0/s1. The number of aliphatic hydroxyl groups is 1. The van der Waals surface area contributed by atoms with Crippen molar-refractivity contribution in [3.05, 3.63) is 34.6 Å². The summed E-state index contributed by atoms with van der Waals surface area (Å²) in [5.74, 6) is 1.63. The number of thioether (sulfide) groups is 1. The molecule has 1 aromatic heterocycles. The van der Waals surface area contributed by atoms with Crippen molar-refractivity contribution in [2.75, 3.05) is 12.4 Å². The quantitative estimate of drug-likeness (QED) is 0.688. The molecule has 23 heavy (non-hydrogen) atoms. The summed E-state index contributed by atoms with van der Waals surface area (Å²) in [7, 11) is 0. The number of nitrogens with zero attached hydrogens (tertiary/aromatic N) is 2. The van der Waals surface area contributed by atoms with Gasteiger partial charge in [-0.25, -0.2) is 4.98 Å². The van der Waals surface area contributed by atoms with E-state index in [-0.39, 0.29) is 18.2 Å². The molecule has 0 spiro atoms. The second kappa shape index (κ2) is 7.05. The third kappa shape index (κ3) is 3.17. The lowest BCUT2D eigenvalue weighted by Gasteiger charge is -2.36. The average Bonchev–Trinajstić information content (AvgIpc) is 2.56. The van der Waals surface area contributed by atoms with E-state index in [1.807, 2.05) is 28.8 Å². The van der Waals surface area contributed by atoms with Gasteiger partial charge in [0.25, 0.3) is 5.56 Å². The fraction of sp³-hybridized carbons (Fsp3) is 0.556. The van der Waals surface area contributed by atoms with Crippen LogP contribution in [0.4, 0.5) is 0 Å². The van der Waals surface area contributed by atoms with Crippen LogP contribution < -0.4 is 5.56 Å². The molecule has 0 bridgehead atoms. The summed E-state index contributed by atoms with van der Waals surface area (Å²) in [6.07, 6.45) is 3.41. The fourth-order valence-electron chi connectivity index (χ4n) is 3.57. The SMILES string of the molecule is C[C@@H]1[C@@H](C)CCC[C@@H]1n1c(SCCO)nc2ccccc2c1=O. The van der Waals surface area contributed by atoms with Gasteiger partial charge < -0.3 is 5.11 Å². The van der Waals surface area contributed by atoms with Gasteiger partial charge in [0.05, 0.1) is 17.5 Å². The van der Waals surface area contributed by atoms with E-state index < -0.39 is 0 Å². The number of para-hydroxylation sites is 1. The molecule has 1 aliphatic rings. The molecule has 3 atom stereocenters. The first kappa shape index (κ1) is 16.5. The highest BCUT2D eigenvalue weighted by Crippen LogP contribution is 2.38. The van der Waals surface area contributed by atoms with Crippen LogP contribution in [-0.2, 0) is 0 Å². The lowest BCUT2D eigenvalue weighted by atomic mass is 9.78. The van der Waals surface area contributed by atoms with E-state index in [4.69, 9.17) is 10.1 Å². The Labute approximate surface area is 140 Å². The van der Waals surface area contributed by atoms with Crippen molar-refractivity contribution >= 4 is 22.7 Å². The molecular weight excluding hydrogens is 308 g/mol. The van der Waals surface area contributed by atoms with Crippen LogP contribution in [0.25, 0.3) is 10.9 Å². The zero-order valence-corrected chi connectivity index (χ0v) is 14.6. The van der Waals surface area contributed by atoms with Crippen molar-refractivity contribution in [3.8, 4) is 0 Å². The van der Waals surface area contributed by atoms with Crippen LogP contribution in [-0.4, -0.2) is 27.0 Å². The molecule has 0 unspecified atom stereocenters. The predicted octanol–water partition coefficient (Wildman–Crippen LogP) is 3.48. The van der Waals surface area contributed by atoms with Gasteiger partial charge in [0, 0.05) is 11.8 Å². The molecular formula is C18H24N2O2S. The summed E-state index contributed by atoms with van der Waals surface area (Å²) in [6, 6.07) is 7.74. The average molecular weight is 332 g/mol. The summed E-state index contributed by atoms with van der Waals surface area (Å²) in [4.78, 5) is 17.8. The molecule has 3 rings (SSSR count). The predicted molar refractivity (Wildman–Crippen MR) is 95.0 cm³/mol. The number of aliphatic hydroxyl groups excluding tert-OH is 1. The van der Waals surface area contributed by atoms with E-state index in [1.165, 1.54) is 18.2 Å². The van der Waals surface area contributed by atoms with Gasteiger partial charge in [-0.2, -0.15) is 0 Å². The summed E-state index contributed by atoms with van der Waals surface area (Å²) in [6.45, 7) is 4.61. The minimum absolute atomic E-state index is 0.0574. The van der Waals surface area contributed by atoms with Gasteiger partial charge >= 0.3 is 0 Å². The number of hydrogen-bond acceptors (Lipinski definition) is 4. The first-order valence-electron chi connectivity index (χ1n) is 8.38. The second-order valence-corrected chi connectivity index (χ2v) is 7.56. The Hall–Kier alpha value is -1.33. The van der Waals surface area contributed by atoms with Crippen molar-refractivity contribution in [1.29, 1.82) is 0 Å². The van der Waals surface area contributed by atoms with Crippen LogP contribution in [0.2, 0.25) is 0 Å². The molecule has 124 valence electrons. The van der Waals surface area contributed by atoms with Crippen molar-refractivity contribution in [2.24, 2.45) is 11.8 Å². The number of benzene rings is 1. The van der Waals surface area contributed by atoms with Gasteiger partial charge in [0.2, 0.25) is 0 Å². The number of aromatic nitrogens is 2. The molecule has 1 saturated carbocycles. The Balaban J connectivity index is 2.16. The lowest BCUT2D eigenvalue weighted by Crippen LogP contribution is -2.35. The maximum Gasteiger partial charge on any atom is 0.262 e. The highest BCUT2D eigenvalue weighted by Gasteiger charge is 2.31. The van der Waals surface area contributed by atoms with Gasteiger partial charge in [0.1, 0.15) is 0 Å². The Kier molecular flexibility index (Phi) is 5.07. The zero-order chi connectivity index (χ0) is 16.4. The maximum atomic E-state index is 13.1. The molecule has 1 aromatic carbocycles. The molecule has 0 amide bonds. The van der Waals surface area contributed by atoms with Gasteiger partial charge in [-0.1, -0.05) is 50.6 Å². The van der Waals surface area contributed by atoms with Crippen LogP contribution in [0, 0.1) is 11.8 Å². The van der Waals surface area contributed by atoms with Crippen LogP contribution in [0.15, 0.2) is 34.2 Å². The minimum Gasteiger partial charge on any atom is -0.396 e. The Morgan fingerprint density at radius 3 is 2.87 bits per heavy atom. The van der Waals surface area contributed by atoms with Gasteiger partial charge in [-0.15, -0.1) is 0 Å². The van der Waals surface area contributed by atoms with Crippen LogP contribution >= 0.6 is 11.8 Å². The monoisotopic (exact) mass is 332 g/mol. The van der Waals surface area contributed by atoms with Crippen molar-refractivity contribution < 1.29 is 5.11 Å². The van der Waals surface area contributed by atoms with E-state index in [9.17, 15) is 4.79 Å². The van der Waals surface area contributed by atoms with E-state index >= 15 is 0 Å². The number of rotatable bonds is 4. The minimum atomic E-state index is 0.0574. The highest BCUT2D eigenvalue weighted by molar-refractivity contribution is 7.99. The molecule has 5 heteroatoms. The van der Waals surface area contributed by atoms with E-state index in [0.29, 0.717) is 23.0 Å². The first-order valence-corrected chi connectivity index (χ1v) is 9.37. The first-order chi connectivity index (χ1) is 11.1. The molecule has 1 heterocycles. The van der Waals surface area contributed by atoms with Gasteiger partial charge in [-0.05, 0) is 30.4 Å². The highest BCUT2D eigenvalue weighted by atomic mass is 32.2. The summed E-state index contributed by atoms with van der Waals surface area (Å²) < 4.78 is 1.91. The Morgan fingerprint density at radius 2 is 2.09 bits per heavy atom. The van der Waals surface area contributed by atoms with E-state index in [2.05, 4.69) is 13.8 Å². The summed E-state index contributed by atoms with van der Waals surface area (Å²) >= 11 is 1.47. The molecule has 1 fully saturated rings. The summed E-state index contributed by atoms with van der Waals surface area (Å²) in [5, 5.41) is 10.6. The smallest absolute Gasteiger partial charge is 0.262 e. The van der Waals surface area contributed by atoms with E-state index in [1.54, 1.807) is 0 Å². The molecule has 4 nitrogen and oxygen atoms in total. The second-order valence-electron chi connectivity index (χ2n) is 6.49. The molecule has 1 N–H and O–H groups in total. The maximum absolute atomic E-state index is 13.1. The molecule has 2 aromatic rings. The molecule has 0 saturated heterocycles. The van der Waals surface area contributed by atoms with Crippen LogP contribution in [0.5, 0.6) is 0 Å². The summed E-state index contributed by atoms with van der Waals surface area (Å²) in [5.41, 5.74) is 0.799. The Bertz CT molecular complexity index is 743. The van der Waals surface area contributed by atoms with Crippen LogP contribution in [0.1, 0.15) is 39.2 Å². The molecule has 1 aliphatic carbocycles. The van der Waals surface area contributed by atoms with Gasteiger partial charge in [-0.3, -0.25) is 9.36 Å². The lowest BCUT2D eigenvalue weighted by molar-refractivity contribution is 0.173. The zero-order valence-electron chi connectivity index (χ0n) is 13.7. The van der Waals surface area contributed by atoms with Crippen molar-refractivity contribution in [1.82, 2.24) is 9.55 Å². The molecule has 0 radical (unpaired) electrons. The van der Waals surface area contributed by atoms with Gasteiger partial charge in [0.15, 0.2) is 5.16 Å². The topological polar surface area (TPSA) is 55.1 Å². The fourth-order valence-corrected chi connectivity index (χ4v) is 4.37.